The summed E-state index contributed by atoms with van der Waals surface area (Å²) >= 11 is 0. The summed E-state index contributed by atoms with van der Waals surface area (Å²) in [7, 11) is -4.62. The van der Waals surface area contributed by atoms with Crippen LogP contribution >= 0.6 is 7.82 Å². The molecule has 0 aromatic heterocycles. The zero-order chi connectivity index (χ0) is 41.2. The van der Waals surface area contributed by atoms with E-state index in [0.29, 0.717) is 13.0 Å². The third-order valence-corrected chi connectivity index (χ3v) is 10.6. The maximum atomic E-state index is 12.6. The Morgan fingerprint density at radius 2 is 0.982 bits per heavy atom. The van der Waals surface area contributed by atoms with E-state index in [1.54, 1.807) is 0 Å². The largest absolute Gasteiger partial charge is 0.480 e. The molecule has 0 saturated heterocycles. The molecule has 0 radical (unpaired) electrons. The molecule has 10 nitrogen and oxygen atoms in total. The van der Waals surface area contributed by atoms with Gasteiger partial charge in [-0.25, -0.2) is 4.57 Å². The van der Waals surface area contributed by atoms with Crippen molar-refractivity contribution in [2.24, 2.45) is 5.73 Å². The van der Waals surface area contributed by atoms with E-state index < -0.39 is 45.1 Å². The number of carboxylic acid groups (broad SMARTS) is 1. The molecule has 0 aliphatic rings. The van der Waals surface area contributed by atoms with Gasteiger partial charge < -0.3 is 25.2 Å². The maximum Gasteiger partial charge on any atom is 0.472 e. The van der Waals surface area contributed by atoms with E-state index in [1.165, 1.54) is 116 Å². The monoisotopic (exact) mass is 814 g/mol. The highest BCUT2D eigenvalue weighted by Gasteiger charge is 2.27. The lowest BCUT2D eigenvalue weighted by atomic mass is 10.1. The van der Waals surface area contributed by atoms with Crippen molar-refractivity contribution in [1.82, 2.24) is 0 Å². The Hall–Kier alpha value is -1.81. The number of unbranched alkanes of at least 4 members (excludes halogenated alkanes) is 23. The van der Waals surface area contributed by atoms with Crippen molar-refractivity contribution in [3.63, 3.8) is 0 Å². The van der Waals surface area contributed by atoms with Crippen LogP contribution in [-0.2, 0) is 32.7 Å². The van der Waals surface area contributed by atoms with Crippen LogP contribution in [-0.4, -0.2) is 60.5 Å². The Bertz CT molecular complexity index is 1040. The SMILES string of the molecule is CCCCC/C=C\C/C=C\CCCCCCCCOCC(COP(=O)(O)OCC(N)C(=O)O)OC(=O)CCCCCCCCC/C=C\CCCCCCCCC. The van der Waals surface area contributed by atoms with E-state index in [9.17, 15) is 19.0 Å². The molecule has 0 aliphatic heterocycles. The number of carboxylic acids is 1. The number of esters is 1. The van der Waals surface area contributed by atoms with E-state index in [4.69, 9.17) is 29.4 Å². The average Bonchev–Trinajstić information content (AvgIpc) is 3.18. The first-order chi connectivity index (χ1) is 27.2. The lowest BCUT2D eigenvalue weighted by Gasteiger charge is -2.20. The van der Waals surface area contributed by atoms with Gasteiger partial charge in [0.15, 0.2) is 0 Å². The van der Waals surface area contributed by atoms with E-state index in [1.807, 2.05) is 0 Å². The summed E-state index contributed by atoms with van der Waals surface area (Å²) in [5.74, 6) is -1.79. The molecule has 0 rings (SSSR count). The lowest BCUT2D eigenvalue weighted by Crippen LogP contribution is -2.34. The molecule has 0 aliphatic carbocycles. The van der Waals surface area contributed by atoms with Gasteiger partial charge >= 0.3 is 19.8 Å². The molecule has 0 fully saturated rings. The molecule has 3 atom stereocenters. The molecule has 328 valence electrons. The smallest absolute Gasteiger partial charge is 0.472 e. The minimum absolute atomic E-state index is 0.00889. The summed E-state index contributed by atoms with van der Waals surface area (Å²) < 4.78 is 33.4. The number of carbonyl (C=O) groups is 2. The van der Waals surface area contributed by atoms with Crippen molar-refractivity contribution >= 4 is 19.8 Å². The van der Waals surface area contributed by atoms with Gasteiger partial charge in [-0.15, -0.1) is 0 Å². The zero-order valence-electron chi connectivity index (χ0n) is 35.7. The number of phosphoric acid groups is 1. The predicted molar refractivity (Wildman–Crippen MR) is 231 cm³/mol. The maximum absolute atomic E-state index is 12.6. The van der Waals surface area contributed by atoms with Gasteiger partial charge in [0.2, 0.25) is 0 Å². The Labute approximate surface area is 342 Å². The van der Waals surface area contributed by atoms with E-state index in [2.05, 4.69) is 50.3 Å². The lowest BCUT2D eigenvalue weighted by molar-refractivity contribution is -0.154. The van der Waals surface area contributed by atoms with Crippen molar-refractivity contribution in [3.05, 3.63) is 36.5 Å². The topological polar surface area (TPSA) is 155 Å². The fourth-order valence-corrected chi connectivity index (χ4v) is 6.88. The van der Waals surface area contributed by atoms with Crippen molar-refractivity contribution in [2.45, 2.75) is 212 Å². The fraction of sp³-hybridized carbons (Fsp3) is 0.822. The summed E-state index contributed by atoms with van der Waals surface area (Å²) in [6, 6.07) is -1.48. The van der Waals surface area contributed by atoms with Crippen LogP contribution in [0.1, 0.15) is 200 Å². The molecule has 0 aromatic carbocycles. The number of nitrogens with two attached hydrogens (primary N) is 1. The number of ether oxygens (including phenoxy) is 2. The molecular formula is C45H84NO9P. The third kappa shape index (κ3) is 40.4. The van der Waals surface area contributed by atoms with Gasteiger partial charge in [0, 0.05) is 13.0 Å². The minimum Gasteiger partial charge on any atom is -0.480 e. The quantitative estimate of drug-likeness (QED) is 0.0234. The number of hydrogen-bond donors (Lipinski definition) is 3. The van der Waals surface area contributed by atoms with Crippen LogP contribution < -0.4 is 5.73 Å². The summed E-state index contributed by atoms with van der Waals surface area (Å²) in [6.07, 6.45) is 46.2. The molecule has 3 unspecified atom stereocenters. The van der Waals surface area contributed by atoms with Crippen LogP contribution in [0, 0.1) is 0 Å². The Kier molecular flexibility index (Phi) is 40.0. The highest BCUT2D eigenvalue weighted by molar-refractivity contribution is 7.47. The second-order valence-corrected chi connectivity index (χ2v) is 16.6. The Balaban J connectivity index is 4.24. The van der Waals surface area contributed by atoms with Gasteiger partial charge in [-0.1, -0.05) is 159 Å². The number of hydrogen-bond acceptors (Lipinski definition) is 8. The van der Waals surface area contributed by atoms with Crippen molar-refractivity contribution < 1.29 is 42.7 Å². The van der Waals surface area contributed by atoms with Gasteiger partial charge in [-0.2, -0.15) is 0 Å². The Morgan fingerprint density at radius 3 is 1.50 bits per heavy atom. The molecule has 0 bridgehead atoms. The van der Waals surface area contributed by atoms with Crippen LogP contribution in [0.3, 0.4) is 0 Å². The molecule has 56 heavy (non-hydrogen) atoms. The van der Waals surface area contributed by atoms with Crippen LogP contribution in [0.5, 0.6) is 0 Å². The number of aliphatic carboxylic acids is 1. The van der Waals surface area contributed by atoms with Crippen LogP contribution in [0.15, 0.2) is 36.5 Å². The van der Waals surface area contributed by atoms with E-state index in [-0.39, 0.29) is 13.0 Å². The Morgan fingerprint density at radius 1 is 0.571 bits per heavy atom. The molecule has 0 spiro atoms. The molecule has 4 N–H and O–H groups in total. The number of allylic oxidation sites excluding steroid dienone is 6. The van der Waals surface area contributed by atoms with Gasteiger partial charge in [-0.05, 0) is 70.6 Å². The number of carbonyl (C=O) groups excluding carboxylic acids is 1. The van der Waals surface area contributed by atoms with Crippen molar-refractivity contribution in [1.29, 1.82) is 0 Å². The second-order valence-electron chi connectivity index (χ2n) is 15.2. The highest BCUT2D eigenvalue weighted by atomic mass is 31.2. The van der Waals surface area contributed by atoms with Crippen LogP contribution in [0.2, 0.25) is 0 Å². The molecule has 0 heterocycles. The molecule has 0 aromatic rings. The zero-order valence-corrected chi connectivity index (χ0v) is 36.6. The number of rotatable bonds is 43. The van der Waals surface area contributed by atoms with E-state index in [0.717, 1.165) is 57.8 Å². The first-order valence-corrected chi connectivity index (χ1v) is 24.0. The first kappa shape index (κ1) is 54.2. The highest BCUT2D eigenvalue weighted by Crippen LogP contribution is 2.43. The molecular weight excluding hydrogens is 729 g/mol. The molecule has 0 saturated carbocycles. The van der Waals surface area contributed by atoms with Crippen LogP contribution in [0.4, 0.5) is 0 Å². The van der Waals surface area contributed by atoms with Gasteiger partial charge in [0.25, 0.3) is 0 Å². The van der Waals surface area contributed by atoms with Gasteiger partial charge in [-0.3, -0.25) is 18.6 Å². The molecule has 11 heteroatoms. The minimum atomic E-state index is -4.62. The van der Waals surface area contributed by atoms with Gasteiger partial charge in [0.1, 0.15) is 12.1 Å². The second kappa shape index (κ2) is 41.4. The van der Waals surface area contributed by atoms with Gasteiger partial charge in [0.05, 0.1) is 19.8 Å². The van der Waals surface area contributed by atoms with E-state index >= 15 is 0 Å². The summed E-state index contributed by atoms with van der Waals surface area (Å²) in [5, 5.41) is 8.90. The first-order valence-electron chi connectivity index (χ1n) is 22.5. The standard InChI is InChI=1S/C45H84NO9P/c1-3-5-7-9-11-13-15-17-19-21-22-23-25-27-29-31-33-35-37-44(47)55-42(40-53-56(50,51)54-41-43(46)45(48)49)39-52-38-36-34-32-30-28-26-24-20-18-16-14-12-10-8-6-4-2/h12,14,18-21,42-43H,3-11,13,15-17,22-41,46H2,1-2H3,(H,48,49)(H,50,51)/b14-12-,20-18-,21-19-. The summed E-state index contributed by atoms with van der Waals surface area (Å²) in [6.45, 7) is 3.84. The van der Waals surface area contributed by atoms with Crippen molar-refractivity contribution in [3.8, 4) is 0 Å². The summed E-state index contributed by atoms with van der Waals surface area (Å²) in [4.78, 5) is 33.6. The fourth-order valence-electron chi connectivity index (χ4n) is 6.10. The average molecular weight is 814 g/mol. The third-order valence-electron chi connectivity index (χ3n) is 9.64. The van der Waals surface area contributed by atoms with Crippen molar-refractivity contribution in [2.75, 3.05) is 26.4 Å². The normalized spacial score (nSPS) is 14.2. The summed E-state index contributed by atoms with van der Waals surface area (Å²) in [5.41, 5.74) is 5.36. The predicted octanol–water partition coefficient (Wildman–Crippen LogP) is 12.5. The number of phosphoric ester groups is 1. The molecule has 0 amide bonds. The van der Waals surface area contributed by atoms with Crippen LogP contribution in [0.25, 0.3) is 0 Å².